The Labute approximate surface area is 83.8 Å². The molecule has 0 bridgehead atoms. The SMILES string of the molecule is Nc1cc(-c2cccs2)c(F)cc1F. The van der Waals surface area contributed by atoms with E-state index in [-0.39, 0.29) is 5.69 Å². The van der Waals surface area contributed by atoms with Gasteiger partial charge in [0.25, 0.3) is 0 Å². The third kappa shape index (κ3) is 1.48. The molecule has 0 fully saturated rings. The molecule has 1 aromatic carbocycles. The van der Waals surface area contributed by atoms with E-state index < -0.39 is 11.6 Å². The van der Waals surface area contributed by atoms with Crippen molar-refractivity contribution in [2.75, 3.05) is 5.73 Å². The highest BCUT2D eigenvalue weighted by molar-refractivity contribution is 7.13. The third-order valence-electron chi connectivity index (χ3n) is 1.87. The molecule has 0 saturated heterocycles. The van der Waals surface area contributed by atoms with Crippen LogP contribution >= 0.6 is 11.3 Å². The van der Waals surface area contributed by atoms with Crippen LogP contribution in [0.15, 0.2) is 29.6 Å². The van der Waals surface area contributed by atoms with E-state index >= 15 is 0 Å². The summed E-state index contributed by atoms with van der Waals surface area (Å²) in [7, 11) is 0. The fourth-order valence-electron chi connectivity index (χ4n) is 1.19. The molecule has 0 atom stereocenters. The predicted octanol–water partition coefficient (Wildman–Crippen LogP) is 3.28. The first-order valence-corrected chi connectivity index (χ1v) is 4.85. The molecule has 0 aliphatic rings. The van der Waals surface area contributed by atoms with Crippen LogP contribution in [0.25, 0.3) is 10.4 Å². The number of benzene rings is 1. The van der Waals surface area contributed by atoms with Gasteiger partial charge in [0.2, 0.25) is 0 Å². The highest BCUT2D eigenvalue weighted by Gasteiger charge is 2.09. The zero-order valence-corrected chi connectivity index (χ0v) is 7.94. The molecule has 1 heterocycles. The Morgan fingerprint density at radius 3 is 2.57 bits per heavy atom. The van der Waals surface area contributed by atoms with E-state index in [4.69, 9.17) is 5.73 Å². The molecule has 72 valence electrons. The third-order valence-corrected chi connectivity index (χ3v) is 2.78. The van der Waals surface area contributed by atoms with Gasteiger partial charge in [-0.25, -0.2) is 8.78 Å². The molecule has 0 spiro atoms. The summed E-state index contributed by atoms with van der Waals surface area (Å²) in [4.78, 5) is 0.745. The van der Waals surface area contributed by atoms with Crippen molar-refractivity contribution in [1.82, 2.24) is 0 Å². The standard InChI is InChI=1S/C10H7F2NS/c11-7-5-8(12)9(13)4-6(7)10-2-1-3-14-10/h1-5H,13H2. The summed E-state index contributed by atoms with van der Waals surface area (Å²) in [6.45, 7) is 0. The lowest BCUT2D eigenvalue weighted by Gasteiger charge is -2.02. The van der Waals surface area contributed by atoms with Gasteiger partial charge >= 0.3 is 0 Å². The van der Waals surface area contributed by atoms with Crippen LogP contribution in [0.3, 0.4) is 0 Å². The summed E-state index contributed by atoms with van der Waals surface area (Å²) in [6.07, 6.45) is 0. The molecule has 2 aromatic rings. The molecule has 0 unspecified atom stereocenters. The summed E-state index contributed by atoms with van der Waals surface area (Å²) in [6, 6.07) is 5.69. The van der Waals surface area contributed by atoms with Gasteiger partial charge in [0.15, 0.2) is 0 Å². The number of rotatable bonds is 1. The molecule has 2 rings (SSSR count). The van der Waals surface area contributed by atoms with Gasteiger partial charge in [0, 0.05) is 16.5 Å². The van der Waals surface area contributed by atoms with E-state index in [0.717, 1.165) is 10.9 Å². The van der Waals surface area contributed by atoms with Gasteiger partial charge in [-0.05, 0) is 17.5 Å². The van der Waals surface area contributed by atoms with Gasteiger partial charge in [-0.2, -0.15) is 0 Å². The fourth-order valence-corrected chi connectivity index (χ4v) is 1.93. The highest BCUT2D eigenvalue weighted by atomic mass is 32.1. The average Bonchev–Trinajstić information content (AvgIpc) is 2.64. The van der Waals surface area contributed by atoms with Crippen molar-refractivity contribution in [1.29, 1.82) is 0 Å². The van der Waals surface area contributed by atoms with Gasteiger partial charge < -0.3 is 5.73 Å². The van der Waals surface area contributed by atoms with Crippen molar-refractivity contribution in [2.45, 2.75) is 0 Å². The van der Waals surface area contributed by atoms with Gasteiger partial charge in [0.1, 0.15) is 11.6 Å². The summed E-state index contributed by atoms with van der Waals surface area (Å²) in [5.74, 6) is -1.30. The summed E-state index contributed by atoms with van der Waals surface area (Å²) < 4.78 is 26.1. The van der Waals surface area contributed by atoms with Crippen molar-refractivity contribution in [3.8, 4) is 10.4 Å². The van der Waals surface area contributed by atoms with Crippen molar-refractivity contribution < 1.29 is 8.78 Å². The van der Waals surface area contributed by atoms with Crippen LogP contribution in [0, 0.1) is 11.6 Å². The molecular weight excluding hydrogens is 204 g/mol. The second-order valence-electron chi connectivity index (χ2n) is 2.83. The predicted molar refractivity (Wildman–Crippen MR) is 54.1 cm³/mol. The topological polar surface area (TPSA) is 26.0 Å². The van der Waals surface area contributed by atoms with Gasteiger partial charge in [-0.3, -0.25) is 0 Å². The van der Waals surface area contributed by atoms with Crippen LogP contribution in [0.4, 0.5) is 14.5 Å². The van der Waals surface area contributed by atoms with Crippen LogP contribution in [-0.4, -0.2) is 0 Å². The molecule has 1 nitrogen and oxygen atoms in total. The first-order valence-electron chi connectivity index (χ1n) is 3.97. The summed E-state index contributed by atoms with van der Waals surface area (Å²) in [5.41, 5.74) is 5.67. The number of halogens is 2. The Morgan fingerprint density at radius 2 is 1.93 bits per heavy atom. The van der Waals surface area contributed by atoms with Crippen LogP contribution < -0.4 is 5.73 Å². The summed E-state index contributed by atoms with van der Waals surface area (Å²) >= 11 is 1.39. The quantitative estimate of drug-likeness (QED) is 0.720. The zero-order valence-electron chi connectivity index (χ0n) is 7.13. The Morgan fingerprint density at radius 1 is 1.14 bits per heavy atom. The molecule has 0 aliphatic heterocycles. The molecule has 2 N–H and O–H groups in total. The van der Waals surface area contributed by atoms with E-state index in [1.165, 1.54) is 17.4 Å². The molecule has 4 heteroatoms. The maximum absolute atomic E-state index is 13.3. The first kappa shape index (κ1) is 9.15. The molecule has 1 aromatic heterocycles. The molecule has 0 radical (unpaired) electrons. The second-order valence-corrected chi connectivity index (χ2v) is 3.78. The van der Waals surface area contributed by atoms with Crippen LogP contribution in [-0.2, 0) is 0 Å². The van der Waals surface area contributed by atoms with Crippen LogP contribution in [0.1, 0.15) is 0 Å². The molecule has 0 aliphatic carbocycles. The lowest BCUT2D eigenvalue weighted by molar-refractivity contribution is 0.589. The van der Waals surface area contributed by atoms with Crippen molar-refractivity contribution >= 4 is 17.0 Å². The number of thiophene rings is 1. The fraction of sp³-hybridized carbons (Fsp3) is 0. The monoisotopic (exact) mass is 211 g/mol. The Hall–Kier alpha value is -1.42. The Balaban J connectivity index is 2.60. The maximum atomic E-state index is 13.3. The number of anilines is 1. The van der Waals surface area contributed by atoms with E-state index in [9.17, 15) is 8.78 Å². The number of hydrogen-bond donors (Lipinski definition) is 1. The van der Waals surface area contributed by atoms with Crippen LogP contribution in [0.5, 0.6) is 0 Å². The maximum Gasteiger partial charge on any atom is 0.149 e. The number of nitrogen functional groups attached to an aromatic ring is 1. The normalized spacial score (nSPS) is 10.4. The smallest absolute Gasteiger partial charge is 0.149 e. The van der Waals surface area contributed by atoms with Crippen molar-refractivity contribution in [3.63, 3.8) is 0 Å². The van der Waals surface area contributed by atoms with Gasteiger partial charge in [0.05, 0.1) is 5.69 Å². The zero-order chi connectivity index (χ0) is 10.1. The van der Waals surface area contributed by atoms with E-state index in [1.807, 2.05) is 5.38 Å². The van der Waals surface area contributed by atoms with Crippen LogP contribution in [0.2, 0.25) is 0 Å². The highest BCUT2D eigenvalue weighted by Crippen LogP contribution is 2.29. The Bertz CT molecular complexity index is 451. The van der Waals surface area contributed by atoms with E-state index in [0.29, 0.717) is 5.56 Å². The molecular formula is C10H7F2NS. The van der Waals surface area contributed by atoms with Gasteiger partial charge in [-0.1, -0.05) is 6.07 Å². The lowest BCUT2D eigenvalue weighted by atomic mass is 10.1. The summed E-state index contributed by atoms with van der Waals surface area (Å²) in [5, 5.41) is 1.83. The first-order chi connectivity index (χ1) is 6.68. The largest absolute Gasteiger partial charge is 0.396 e. The van der Waals surface area contributed by atoms with E-state index in [2.05, 4.69) is 0 Å². The molecule has 14 heavy (non-hydrogen) atoms. The number of hydrogen-bond acceptors (Lipinski definition) is 2. The minimum Gasteiger partial charge on any atom is -0.396 e. The number of nitrogens with two attached hydrogens (primary N) is 1. The van der Waals surface area contributed by atoms with Crippen molar-refractivity contribution in [3.05, 3.63) is 41.3 Å². The van der Waals surface area contributed by atoms with Crippen molar-refractivity contribution in [2.24, 2.45) is 0 Å². The minimum absolute atomic E-state index is 0.0326. The molecule has 0 saturated carbocycles. The molecule has 0 amide bonds. The second kappa shape index (κ2) is 3.38. The van der Waals surface area contributed by atoms with Gasteiger partial charge in [-0.15, -0.1) is 11.3 Å². The van der Waals surface area contributed by atoms with E-state index in [1.54, 1.807) is 12.1 Å². The Kier molecular flexibility index (Phi) is 2.21. The lowest BCUT2D eigenvalue weighted by Crippen LogP contribution is -1.93. The minimum atomic E-state index is -0.720. The average molecular weight is 211 g/mol.